The van der Waals surface area contributed by atoms with Gasteiger partial charge >= 0.3 is 0 Å². The summed E-state index contributed by atoms with van der Waals surface area (Å²) in [4.78, 5) is 0. The summed E-state index contributed by atoms with van der Waals surface area (Å²) in [6.45, 7) is 7.56. The van der Waals surface area contributed by atoms with E-state index in [4.69, 9.17) is 0 Å². The summed E-state index contributed by atoms with van der Waals surface area (Å²) < 4.78 is 3.97. The summed E-state index contributed by atoms with van der Waals surface area (Å²) in [7, 11) is 0. The van der Waals surface area contributed by atoms with Crippen molar-refractivity contribution in [2.45, 2.75) is 38.2 Å². The van der Waals surface area contributed by atoms with Crippen LogP contribution < -0.4 is 5.32 Å². The molecule has 14 heavy (non-hydrogen) atoms. The zero-order valence-corrected chi connectivity index (χ0v) is 10.5. The minimum atomic E-state index is 0.649. The number of rotatable bonds is 6. The van der Waals surface area contributed by atoms with Crippen molar-refractivity contribution in [1.82, 2.24) is 9.59 Å². The molecule has 0 aliphatic heterocycles. The highest BCUT2D eigenvalue weighted by atomic mass is 32.2. The average molecular weight is 231 g/mol. The monoisotopic (exact) mass is 231 g/mol. The summed E-state index contributed by atoms with van der Waals surface area (Å²) in [6, 6.07) is 0. The third-order valence-electron chi connectivity index (χ3n) is 1.64. The van der Waals surface area contributed by atoms with Crippen molar-refractivity contribution in [3.8, 4) is 0 Å². The molecule has 3 nitrogen and oxygen atoms in total. The van der Waals surface area contributed by atoms with Crippen LogP contribution >= 0.6 is 23.3 Å². The lowest BCUT2D eigenvalue weighted by molar-refractivity contribution is 0.976. The van der Waals surface area contributed by atoms with Crippen molar-refractivity contribution in [2.24, 2.45) is 0 Å². The van der Waals surface area contributed by atoms with E-state index in [1.807, 2.05) is 11.8 Å². The topological polar surface area (TPSA) is 37.8 Å². The Kier molecular flexibility index (Phi) is 5.25. The SMILES string of the molecule is CCCNc1snnc1CSC(C)C. The van der Waals surface area contributed by atoms with E-state index in [0.717, 1.165) is 29.4 Å². The highest BCUT2D eigenvalue weighted by Gasteiger charge is 2.07. The molecule has 0 fully saturated rings. The first-order valence-electron chi connectivity index (χ1n) is 4.90. The number of anilines is 1. The lowest BCUT2D eigenvalue weighted by Gasteiger charge is -2.05. The van der Waals surface area contributed by atoms with Crippen LogP contribution in [0.15, 0.2) is 0 Å². The molecule has 0 aliphatic carbocycles. The molecule has 1 N–H and O–H groups in total. The number of hydrogen-bond donors (Lipinski definition) is 1. The molecule has 0 aromatic carbocycles. The van der Waals surface area contributed by atoms with Gasteiger partial charge in [-0.15, -0.1) is 5.10 Å². The van der Waals surface area contributed by atoms with Crippen LogP contribution in [-0.2, 0) is 5.75 Å². The summed E-state index contributed by atoms with van der Waals surface area (Å²) in [6.07, 6.45) is 1.13. The Balaban J connectivity index is 2.45. The Bertz CT molecular complexity index is 260. The van der Waals surface area contributed by atoms with Crippen LogP contribution in [0.2, 0.25) is 0 Å². The molecular formula is C9H17N3S2. The van der Waals surface area contributed by atoms with Crippen LogP contribution in [0.4, 0.5) is 5.00 Å². The number of aromatic nitrogens is 2. The molecule has 0 spiro atoms. The Morgan fingerprint density at radius 2 is 2.29 bits per heavy atom. The van der Waals surface area contributed by atoms with E-state index in [9.17, 15) is 0 Å². The molecule has 80 valence electrons. The van der Waals surface area contributed by atoms with Gasteiger partial charge in [0.2, 0.25) is 0 Å². The van der Waals surface area contributed by atoms with Crippen LogP contribution in [0.5, 0.6) is 0 Å². The van der Waals surface area contributed by atoms with Crippen LogP contribution in [0.1, 0.15) is 32.9 Å². The highest BCUT2D eigenvalue weighted by molar-refractivity contribution is 7.99. The first-order valence-corrected chi connectivity index (χ1v) is 6.73. The van der Waals surface area contributed by atoms with Gasteiger partial charge in [0, 0.05) is 23.8 Å². The van der Waals surface area contributed by atoms with Gasteiger partial charge in [0.15, 0.2) is 0 Å². The maximum atomic E-state index is 4.13. The van der Waals surface area contributed by atoms with Crippen molar-refractivity contribution in [1.29, 1.82) is 0 Å². The van der Waals surface area contributed by atoms with Gasteiger partial charge in [-0.2, -0.15) is 11.8 Å². The summed E-state index contributed by atoms with van der Waals surface area (Å²) in [5.74, 6) is 0.959. The first-order chi connectivity index (χ1) is 6.74. The normalized spacial score (nSPS) is 10.9. The second-order valence-corrected chi connectivity index (χ2v) is 5.65. The number of thioether (sulfide) groups is 1. The molecule has 0 radical (unpaired) electrons. The number of nitrogens with zero attached hydrogens (tertiary/aromatic N) is 2. The van der Waals surface area contributed by atoms with Gasteiger partial charge in [-0.3, -0.25) is 0 Å². The fourth-order valence-corrected chi connectivity index (χ4v) is 2.31. The Morgan fingerprint density at radius 3 is 2.93 bits per heavy atom. The summed E-state index contributed by atoms with van der Waals surface area (Å²) in [5.41, 5.74) is 1.10. The lowest BCUT2D eigenvalue weighted by Crippen LogP contribution is -2.00. The molecule has 5 heteroatoms. The molecular weight excluding hydrogens is 214 g/mol. The fraction of sp³-hybridized carbons (Fsp3) is 0.778. The summed E-state index contributed by atoms with van der Waals surface area (Å²) >= 11 is 3.36. The Hall–Kier alpha value is -0.290. The molecule has 0 saturated heterocycles. The maximum Gasteiger partial charge on any atom is 0.134 e. The van der Waals surface area contributed by atoms with Crippen molar-refractivity contribution in [2.75, 3.05) is 11.9 Å². The van der Waals surface area contributed by atoms with Gasteiger partial charge in [0.1, 0.15) is 10.7 Å². The van der Waals surface area contributed by atoms with E-state index in [0.29, 0.717) is 5.25 Å². The highest BCUT2D eigenvalue weighted by Crippen LogP contribution is 2.24. The minimum Gasteiger partial charge on any atom is -0.374 e. The molecule has 0 amide bonds. The fourth-order valence-electron chi connectivity index (χ4n) is 0.921. The number of nitrogens with one attached hydrogen (secondary N) is 1. The Morgan fingerprint density at radius 1 is 1.50 bits per heavy atom. The quantitative estimate of drug-likeness (QED) is 0.816. The van der Waals surface area contributed by atoms with Gasteiger partial charge in [-0.25, -0.2) is 0 Å². The average Bonchev–Trinajstić information content (AvgIpc) is 2.58. The predicted molar refractivity (Wildman–Crippen MR) is 65.1 cm³/mol. The van der Waals surface area contributed by atoms with Crippen LogP contribution in [0.3, 0.4) is 0 Å². The van der Waals surface area contributed by atoms with Crippen molar-refractivity contribution in [3.63, 3.8) is 0 Å². The largest absolute Gasteiger partial charge is 0.374 e. The molecule has 1 aromatic rings. The summed E-state index contributed by atoms with van der Waals surface area (Å²) in [5, 5.41) is 9.26. The van der Waals surface area contributed by atoms with Crippen molar-refractivity contribution < 1.29 is 0 Å². The molecule has 0 unspecified atom stereocenters. The third kappa shape index (κ3) is 3.84. The maximum absolute atomic E-state index is 4.13. The van der Waals surface area contributed by atoms with E-state index in [1.54, 1.807) is 0 Å². The van der Waals surface area contributed by atoms with Gasteiger partial charge < -0.3 is 5.32 Å². The van der Waals surface area contributed by atoms with Gasteiger partial charge in [-0.05, 0) is 11.7 Å². The van der Waals surface area contributed by atoms with Gasteiger partial charge in [0.05, 0.1) is 0 Å². The van der Waals surface area contributed by atoms with E-state index < -0.39 is 0 Å². The molecule has 0 bridgehead atoms. The minimum absolute atomic E-state index is 0.649. The molecule has 1 heterocycles. The van der Waals surface area contributed by atoms with Crippen LogP contribution in [0, 0.1) is 0 Å². The van der Waals surface area contributed by atoms with Gasteiger partial charge in [0.25, 0.3) is 0 Å². The lowest BCUT2D eigenvalue weighted by atomic mass is 10.4. The van der Waals surface area contributed by atoms with Gasteiger partial charge in [-0.1, -0.05) is 25.3 Å². The second kappa shape index (κ2) is 6.24. The molecule has 0 saturated carbocycles. The molecule has 0 atom stereocenters. The zero-order chi connectivity index (χ0) is 10.4. The smallest absolute Gasteiger partial charge is 0.134 e. The standard InChI is InChI=1S/C9H17N3S2/c1-4-5-10-9-8(11-12-14-9)6-13-7(2)3/h7,10H,4-6H2,1-3H3. The first kappa shape index (κ1) is 11.8. The molecule has 0 aliphatic rings. The molecule has 1 aromatic heterocycles. The predicted octanol–water partition coefficient (Wildman–Crippen LogP) is 3.00. The van der Waals surface area contributed by atoms with Crippen LogP contribution in [-0.4, -0.2) is 21.4 Å². The van der Waals surface area contributed by atoms with E-state index >= 15 is 0 Å². The number of hydrogen-bond acceptors (Lipinski definition) is 5. The zero-order valence-electron chi connectivity index (χ0n) is 8.91. The van der Waals surface area contributed by atoms with E-state index in [1.165, 1.54) is 11.5 Å². The van der Waals surface area contributed by atoms with E-state index in [2.05, 4.69) is 35.7 Å². The van der Waals surface area contributed by atoms with Crippen LogP contribution in [0.25, 0.3) is 0 Å². The molecule has 1 rings (SSSR count). The van der Waals surface area contributed by atoms with Crippen molar-refractivity contribution in [3.05, 3.63) is 5.69 Å². The Labute approximate surface area is 93.8 Å². The second-order valence-electron chi connectivity index (χ2n) is 3.34. The van der Waals surface area contributed by atoms with E-state index in [-0.39, 0.29) is 0 Å². The third-order valence-corrected chi connectivity index (χ3v) is 3.48. The van der Waals surface area contributed by atoms with Crippen molar-refractivity contribution >= 4 is 28.3 Å².